The van der Waals surface area contributed by atoms with Crippen LogP contribution in [0.3, 0.4) is 0 Å². The second kappa shape index (κ2) is 12.2. The van der Waals surface area contributed by atoms with Crippen LogP contribution in [-0.2, 0) is 9.53 Å². The van der Waals surface area contributed by atoms with Gasteiger partial charge in [0.15, 0.2) is 0 Å². The lowest BCUT2D eigenvalue weighted by molar-refractivity contribution is -0.133. The van der Waals surface area contributed by atoms with Gasteiger partial charge in [-0.3, -0.25) is 0 Å². The standard InChI is InChI=1S/C15H18O2/c1-3-4-5-6-7-8-9-10-11-12-13-14-15(16)17-2/h3-8H2,1-2H3. The SMILES string of the molecule is CCCCCCCC#CC#CC#CC(=O)OC. The van der Waals surface area contributed by atoms with Crippen LogP contribution in [0.4, 0.5) is 0 Å². The first-order valence-corrected chi connectivity index (χ1v) is 5.88. The summed E-state index contributed by atoms with van der Waals surface area (Å²) < 4.78 is 4.33. The lowest BCUT2D eigenvalue weighted by atomic mass is 10.1. The molecule has 0 rings (SSSR count). The lowest BCUT2D eigenvalue weighted by Crippen LogP contribution is -1.93. The van der Waals surface area contributed by atoms with Gasteiger partial charge in [-0.2, -0.15) is 0 Å². The highest BCUT2D eigenvalue weighted by Gasteiger charge is 1.86. The Morgan fingerprint density at radius 1 is 1.00 bits per heavy atom. The molecule has 90 valence electrons. The second-order valence-electron chi connectivity index (χ2n) is 3.46. The normalized spacial score (nSPS) is 7.65. The minimum Gasteiger partial charge on any atom is -0.459 e. The van der Waals surface area contributed by atoms with Crippen molar-refractivity contribution in [1.29, 1.82) is 0 Å². The zero-order valence-corrected chi connectivity index (χ0v) is 10.6. The number of methoxy groups -OCH3 is 1. The van der Waals surface area contributed by atoms with Gasteiger partial charge in [0.05, 0.1) is 7.11 Å². The highest BCUT2D eigenvalue weighted by Crippen LogP contribution is 2.03. The molecule has 2 heteroatoms. The molecule has 0 spiro atoms. The number of esters is 1. The van der Waals surface area contributed by atoms with Crippen molar-refractivity contribution in [1.82, 2.24) is 0 Å². The van der Waals surface area contributed by atoms with Gasteiger partial charge in [-0.1, -0.05) is 38.5 Å². The first kappa shape index (κ1) is 15.2. The Bertz CT molecular complexity index is 388. The van der Waals surface area contributed by atoms with Crippen molar-refractivity contribution in [3.63, 3.8) is 0 Å². The molecule has 0 aromatic heterocycles. The van der Waals surface area contributed by atoms with Crippen LogP contribution >= 0.6 is 0 Å². The minimum atomic E-state index is -0.580. The molecule has 0 saturated carbocycles. The van der Waals surface area contributed by atoms with Crippen LogP contribution in [0.25, 0.3) is 0 Å². The fourth-order valence-corrected chi connectivity index (χ4v) is 1.12. The highest BCUT2D eigenvalue weighted by atomic mass is 16.5. The Morgan fingerprint density at radius 2 is 1.71 bits per heavy atom. The molecule has 0 atom stereocenters. The quantitative estimate of drug-likeness (QED) is 0.314. The summed E-state index contributed by atoms with van der Waals surface area (Å²) in [5.41, 5.74) is 0. The summed E-state index contributed by atoms with van der Waals surface area (Å²) in [6.07, 6.45) is 7.09. The number of ether oxygens (including phenoxy) is 1. The molecule has 0 bridgehead atoms. The predicted octanol–water partition coefficient (Wildman–Crippen LogP) is 2.53. The van der Waals surface area contributed by atoms with Crippen molar-refractivity contribution in [3.05, 3.63) is 0 Å². The Labute approximate surface area is 104 Å². The molecular weight excluding hydrogens is 212 g/mol. The van der Waals surface area contributed by atoms with Gasteiger partial charge in [0.2, 0.25) is 0 Å². The molecule has 0 aromatic carbocycles. The summed E-state index contributed by atoms with van der Waals surface area (Å²) >= 11 is 0. The predicted molar refractivity (Wildman–Crippen MR) is 68.7 cm³/mol. The van der Waals surface area contributed by atoms with Crippen molar-refractivity contribution >= 4 is 5.97 Å². The van der Waals surface area contributed by atoms with E-state index >= 15 is 0 Å². The average molecular weight is 230 g/mol. The van der Waals surface area contributed by atoms with Crippen LogP contribution < -0.4 is 0 Å². The maximum atomic E-state index is 10.6. The molecule has 0 heterocycles. The van der Waals surface area contributed by atoms with Crippen LogP contribution in [0, 0.1) is 35.5 Å². The van der Waals surface area contributed by atoms with Crippen molar-refractivity contribution in [2.45, 2.75) is 45.4 Å². The summed E-state index contributed by atoms with van der Waals surface area (Å²) in [7, 11) is 1.28. The largest absolute Gasteiger partial charge is 0.459 e. The number of carbonyl (C=O) groups is 1. The minimum absolute atomic E-state index is 0.580. The molecule has 0 aromatic rings. The molecule has 0 unspecified atom stereocenters. The molecule has 0 aliphatic carbocycles. The number of rotatable bonds is 5. The van der Waals surface area contributed by atoms with Gasteiger partial charge in [-0.25, -0.2) is 4.79 Å². The van der Waals surface area contributed by atoms with Gasteiger partial charge in [0, 0.05) is 12.3 Å². The van der Waals surface area contributed by atoms with Crippen molar-refractivity contribution in [3.8, 4) is 35.5 Å². The third-order valence-electron chi connectivity index (χ3n) is 2.03. The Kier molecular flexibility index (Phi) is 10.9. The molecule has 0 amide bonds. The molecule has 0 saturated heterocycles. The van der Waals surface area contributed by atoms with E-state index < -0.39 is 5.97 Å². The smallest absolute Gasteiger partial charge is 0.385 e. The Balaban J connectivity index is 3.63. The van der Waals surface area contributed by atoms with E-state index in [-0.39, 0.29) is 0 Å². The van der Waals surface area contributed by atoms with E-state index in [0.717, 1.165) is 12.8 Å². The molecule has 17 heavy (non-hydrogen) atoms. The Hall–Kier alpha value is -1.85. The summed E-state index contributed by atoms with van der Waals surface area (Å²) in [6, 6.07) is 0. The Morgan fingerprint density at radius 3 is 2.41 bits per heavy atom. The van der Waals surface area contributed by atoms with E-state index in [1.807, 2.05) is 0 Å². The monoisotopic (exact) mass is 230 g/mol. The van der Waals surface area contributed by atoms with E-state index in [9.17, 15) is 4.79 Å². The number of hydrogen-bond donors (Lipinski definition) is 0. The average Bonchev–Trinajstić information content (AvgIpc) is 2.35. The van der Waals surface area contributed by atoms with E-state index in [4.69, 9.17) is 0 Å². The topological polar surface area (TPSA) is 26.3 Å². The van der Waals surface area contributed by atoms with E-state index in [2.05, 4.69) is 47.2 Å². The second-order valence-corrected chi connectivity index (χ2v) is 3.46. The van der Waals surface area contributed by atoms with E-state index in [0.29, 0.717) is 0 Å². The van der Waals surface area contributed by atoms with Gasteiger partial charge < -0.3 is 4.74 Å². The van der Waals surface area contributed by atoms with Crippen molar-refractivity contribution < 1.29 is 9.53 Å². The van der Waals surface area contributed by atoms with E-state index in [1.165, 1.54) is 32.8 Å². The molecule has 2 nitrogen and oxygen atoms in total. The van der Waals surface area contributed by atoms with Gasteiger partial charge in [-0.15, -0.1) is 0 Å². The van der Waals surface area contributed by atoms with Crippen molar-refractivity contribution in [2.24, 2.45) is 0 Å². The van der Waals surface area contributed by atoms with Crippen LogP contribution in [0.1, 0.15) is 45.4 Å². The zero-order chi connectivity index (χ0) is 12.8. The summed E-state index contributed by atoms with van der Waals surface area (Å²) in [4.78, 5) is 10.6. The first-order chi connectivity index (χ1) is 8.31. The lowest BCUT2D eigenvalue weighted by Gasteiger charge is -1.93. The van der Waals surface area contributed by atoms with Gasteiger partial charge in [0.1, 0.15) is 0 Å². The summed E-state index contributed by atoms with van der Waals surface area (Å²) in [6.45, 7) is 2.20. The number of carbonyl (C=O) groups excluding carboxylic acids is 1. The van der Waals surface area contributed by atoms with Gasteiger partial charge in [0.25, 0.3) is 0 Å². The molecule has 0 fully saturated rings. The fraction of sp³-hybridized carbons (Fsp3) is 0.533. The maximum Gasteiger partial charge on any atom is 0.385 e. The zero-order valence-electron chi connectivity index (χ0n) is 10.6. The van der Waals surface area contributed by atoms with Crippen LogP contribution in [0.15, 0.2) is 0 Å². The maximum absolute atomic E-state index is 10.6. The van der Waals surface area contributed by atoms with Gasteiger partial charge in [-0.05, 0) is 30.1 Å². The summed E-state index contributed by atoms with van der Waals surface area (Å²) in [5, 5.41) is 0. The molecule has 0 radical (unpaired) electrons. The fourth-order valence-electron chi connectivity index (χ4n) is 1.12. The number of unbranched alkanes of at least 4 members (excludes halogenated alkanes) is 5. The third-order valence-corrected chi connectivity index (χ3v) is 2.03. The summed E-state index contributed by atoms with van der Waals surface area (Å²) in [5.74, 6) is 14.7. The van der Waals surface area contributed by atoms with Crippen molar-refractivity contribution in [2.75, 3.05) is 7.11 Å². The molecule has 0 N–H and O–H groups in total. The van der Waals surface area contributed by atoms with E-state index in [1.54, 1.807) is 0 Å². The van der Waals surface area contributed by atoms with Crippen LogP contribution in [-0.4, -0.2) is 13.1 Å². The van der Waals surface area contributed by atoms with Crippen LogP contribution in [0.5, 0.6) is 0 Å². The first-order valence-electron chi connectivity index (χ1n) is 5.88. The molecular formula is C15H18O2. The molecule has 0 aliphatic rings. The highest BCUT2D eigenvalue weighted by molar-refractivity contribution is 5.88. The third kappa shape index (κ3) is 12.1. The van der Waals surface area contributed by atoms with Gasteiger partial charge >= 0.3 is 5.97 Å². The molecule has 0 aliphatic heterocycles. The van der Waals surface area contributed by atoms with Crippen LogP contribution in [0.2, 0.25) is 0 Å². The number of hydrogen-bond acceptors (Lipinski definition) is 2.